The van der Waals surface area contributed by atoms with Crippen molar-refractivity contribution in [2.45, 2.75) is 45.2 Å². The molecule has 4 N–H and O–H groups in total. The SMILES string of the molecule is NCc1ccc(CNC(=O)[C@@]2(C3CCCC3)CCNC2=O)c(F)c1. The van der Waals surface area contributed by atoms with Crippen molar-refractivity contribution in [2.24, 2.45) is 17.1 Å². The molecule has 1 heterocycles. The van der Waals surface area contributed by atoms with Gasteiger partial charge in [0.1, 0.15) is 11.2 Å². The van der Waals surface area contributed by atoms with E-state index in [2.05, 4.69) is 10.6 Å². The summed E-state index contributed by atoms with van der Waals surface area (Å²) in [4.78, 5) is 25.3. The molecule has 2 amide bonds. The van der Waals surface area contributed by atoms with Crippen molar-refractivity contribution in [1.29, 1.82) is 0 Å². The number of hydrogen-bond acceptors (Lipinski definition) is 3. The van der Waals surface area contributed by atoms with E-state index >= 15 is 0 Å². The van der Waals surface area contributed by atoms with Gasteiger partial charge in [0.05, 0.1) is 0 Å². The van der Waals surface area contributed by atoms with Crippen molar-refractivity contribution in [3.8, 4) is 0 Å². The molecule has 2 aliphatic rings. The van der Waals surface area contributed by atoms with Crippen LogP contribution in [0.1, 0.15) is 43.2 Å². The largest absolute Gasteiger partial charge is 0.355 e. The van der Waals surface area contributed by atoms with Crippen LogP contribution in [0.2, 0.25) is 0 Å². The zero-order valence-corrected chi connectivity index (χ0v) is 13.7. The normalized spacial score (nSPS) is 24.2. The molecule has 1 aliphatic heterocycles. The molecular formula is C18H24FN3O2. The molecule has 0 radical (unpaired) electrons. The summed E-state index contributed by atoms with van der Waals surface area (Å²) < 4.78 is 14.1. The van der Waals surface area contributed by atoms with E-state index < -0.39 is 5.41 Å². The maximum absolute atomic E-state index is 14.1. The van der Waals surface area contributed by atoms with E-state index in [4.69, 9.17) is 5.73 Å². The Labute approximate surface area is 141 Å². The molecule has 0 spiro atoms. The van der Waals surface area contributed by atoms with Crippen LogP contribution in [-0.4, -0.2) is 18.4 Å². The first kappa shape index (κ1) is 16.9. The molecule has 1 aromatic rings. The molecule has 2 fully saturated rings. The van der Waals surface area contributed by atoms with E-state index in [1.54, 1.807) is 12.1 Å². The molecule has 3 rings (SSSR count). The predicted molar refractivity (Wildman–Crippen MR) is 88.2 cm³/mol. The van der Waals surface area contributed by atoms with E-state index in [-0.39, 0.29) is 36.6 Å². The Morgan fingerprint density at radius 1 is 1.38 bits per heavy atom. The molecule has 1 saturated heterocycles. The summed E-state index contributed by atoms with van der Waals surface area (Å²) in [7, 11) is 0. The van der Waals surface area contributed by atoms with Crippen molar-refractivity contribution >= 4 is 11.8 Å². The Morgan fingerprint density at radius 3 is 2.71 bits per heavy atom. The minimum atomic E-state index is -0.982. The van der Waals surface area contributed by atoms with Gasteiger partial charge in [-0.05, 0) is 36.8 Å². The number of nitrogens with one attached hydrogen (secondary N) is 2. The van der Waals surface area contributed by atoms with Gasteiger partial charge in [-0.1, -0.05) is 25.0 Å². The topological polar surface area (TPSA) is 84.2 Å². The van der Waals surface area contributed by atoms with Gasteiger partial charge < -0.3 is 16.4 Å². The van der Waals surface area contributed by atoms with E-state index in [1.807, 2.05) is 0 Å². The van der Waals surface area contributed by atoms with E-state index in [0.717, 1.165) is 25.7 Å². The zero-order chi connectivity index (χ0) is 17.2. The molecule has 1 atom stereocenters. The second-order valence-electron chi connectivity index (χ2n) is 6.77. The highest BCUT2D eigenvalue weighted by molar-refractivity contribution is 6.06. The third kappa shape index (κ3) is 2.90. The van der Waals surface area contributed by atoms with Crippen LogP contribution < -0.4 is 16.4 Å². The summed E-state index contributed by atoms with van der Waals surface area (Å²) in [5, 5.41) is 5.60. The van der Waals surface area contributed by atoms with Crippen molar-refractivity contribution in [3.63, 3.8) is 0 Å². The Hall–Kier alpha value is -1.95. The number of benzene rings is 1. The average Bonchev–Trinajstić information content (AvgIpc) is 3.23. The Morgan fingerprint density at radius 2 is 2.12 bits per heavy atom. The highest BCUT2D eigenvalue weighted by Gasteiger charge is 2.54. The fourth-order valence-corrected chi connectivity index (χ4v) is 4.05. The van der Waals surface area contributed by atoms with Crippen molar-refractivity contribution in [3.05, 3.63) is 35.1 Å². The van der Waals surface area contributed by atoms with E-state index in [1.165, 1.54) is 6.07 Å². The number of halogens is 1. The van der Waals surface area contributed by atoms with E-state index in [9.17, 15) is 14.0 Å². The Kier molecular flexibility index (Phi) is 4.85. The van der Waals surface area contributed by atoms with Gasteiger partial charge in [0.2, 0.25) is 11.8 Å². The summed E-state index contributed by atoms with van der Waals surface area (Å²) in [6.45, 7) is 0.883. The summed E-state index contributed by atoms with van der Waals surface area (Å²) in [5.74, 6) is -0.744. The van der Waals surface area contributed by atoms with Crippen LogP contribution in [-0.2, 0) is 22.7 Å². The van der Waals surface area contributed by atoms with Gasteiger partial charge in [-0.2, -0.15) is 0 Å². The molecule has 6 heteroatoms. The maximum atomic E-state index is 14.1. The van der Waals surface area contributed by atoms with Crippen LogP contribution in [0.25, 0.3) is 0 Å². The van der Waals surface area contributed by atoms with Crippen LogP contribution in [0.5, 0.6) is 0 Å². The molecule has 0 aromatic heterocycles. The van der Waals surface area contributed by atoms with Crippen LogP contribution >= 0.6 is 0 Å². The Bertz CT molecular complexity index is 643. The zero-order valence-electron chi connectivity index (χ0n) is 13.7. The first-order valence-electron chi connectivity index (χ1n) is 8.62. The molecule has 24 heavy (non-hydrogen) atoms. The average molecular weight is 333 g/mol. The van der Waals surface area contributed by atoms with Gasteiger partial charge in [-0.15, -0.1) is 0 Å². The monoisotopic (exact) mass is 333 g/mol. The van der Waals surface area contributed by atoms with Crippen LogP contribution in [0.4, 0.5) is 4.39 Å². The lowest BCUT2D eigenvalue weighted by Crippen LogP contribution is -2.50. The minimum Gasteiger partial charge on any atom is -0.355 e. The van der Waals surface area contributed by atoms with E-state index in [0.29, 0.717) is 24.1 Å². The van der Waals surface area contributed by atoms with Crippen LogP contribution in [0.3, 0.4) is 0 Å². The Balaban J connectivity index is 1.74. The third-order valence-electron chi connectivity index (χ3n) is 5.46. The first-order chi connectivity index (χ1) is 11.6. The second kappa shape index (κ2) is 6.89. The number of rotatable bonds is 5. The van der Waals surface area contributed by atoms with Crippen LogP contribution in [0.15, 0.2) is 18.2 Å². The molecule has 1 aliphatic carbocycles. The van der Waals surface area contributed by atoms with Crippen molar-refractivity contribution in [1.82, 2.24) is 10.6 Å². The molecule has 1 saturated carbocycles. The van der Waals surface area contributed by atoms with Crippen molar-refractivity contribution < 1.29 is 14.0 Å². The lowest BCUT2D eigenvalue weighted by atomic mass is 9.72. The lowest BCUT2D eigenvalue weighted by molar-refractivity contribution is -0.144. The van der Waals surface area contributed by atoms with Gasteiger partial charge in [0.15, 0.2) is 0 Å². The minimum absolute atomic E-state index is 0.0806. The summed E-state index contributed by atoms with van der Waals surface area (Å²) in [6.07, 6.45) is 4.45. The number of carbonyl (C=O) groups is 2. The standard InChI is InChI=1S/C18H24FN3O2/c19-15-9-12(10-20)5-6-13(15)11-22-17(24)18(7-8-21-16(18)23)14-3-1-2-4-14/h5-6,9,14H,1-4,7-8,10-11,20H2,(H,21,23)(H,22,24)/t18-/m1/s1. The number of amides is 2. The highest BCUT2D eigenvalue weighted by Crippen LogP contribution is 2.44. The second-order valence-corrected chi connectivity index (χ2v) is 6.77. The van der Waals surface area contributed by atoms with Gasteiger partial charge in [-0.3, -0.25) is 9.59 Å². The fraction of sp³-hybridized carbons (Fsp3) is 0.556. The fourth-order valence-electron chi connectivity index (χ4n) is 4.05. The maximum Gasteiger partial charge on any atom is 0.236 e. The van der Waals surface area contributed by atoms with Gasteiger partial charge in [-0.25, -0.2) is 4.39 Å². The quantitative estimate of drug-likeness (QED) is 0.716. The number of hydrogen-bond donors (Lipinski definition) is 3. The molecule has 130 valence electrons. The molecule has 0 unspecified atom stereocenters. The predicted octanol–water partition coefficient (Wildman–Crippen LogP) is 1.60. The smallest absolute Gasteiger partial charge is 0.236 e. The first-order valence-corrected chi connectivity index (χ1v) is 8.62. The van der Waals surface area contributed by atoms with Gasteiger partial charge >= 0.3 is 0 Å². The summed E-state index contributed by atoms with van der Waals surface area (Å²) in [6, 6.07) is 4.77. The third-order valence-corrected chi connectivity index (χ3v) is 5.46. The summed E-state index contributed by atoms with van der Waals surface area (Å²) in [5.41, 5.74) is 5.63. The van der Waals surface area contributed by atoms with Crippen LogP contribution in [0, 0.1) is 17.2 Å². The molecular weight excluding hydrogens is 309 g/mol. The highest BCUT2D eigenvalue weighted by atomic mass is 19.1. The lowest BCUT2D eigenvalue weighted by Gasteiger charge is -2.31. The van der Waals surface area contributed by atoms with Crippen molar-refractivity contribution in [2.75, 3.05) is 6.54 Å². The molecule has 1 aromatic carbocycles. The van der Waals surface area contributed by atoms with Gasteiger partial charge in [0.25, 0.3) is 0 Å². The molecule has 5 nitrogen and oxygen atoms in total. The number of nitrogens with two attached hydrogens (primary N) is 1. The molecule has 0 bridgehead atoms. The summed E-state index contributed by atoms with van der Waals surface area (Å²) >= 11 is 0. The number of carbonyl (C=O) groups excluding carboxylic acids is 2. The van der Waals surface area contributed by atoms with Gasteiger partial charge in [0, 0.05) is 25.2 Å².